The van der Waals surface area contributed by atoms with Crippen LogP contribution in [0.3, 0.4) is 0 Å². The smallest absolute Gasteiger partial charge is 0.303 e. The van der Waals surface area contributed by atoms with Gasteiger partial charge < -0.3 is 18.9 Å². The molecule has 0 saturated heterocycles. The Bertz CT molecular complexity index is 934. The van der Waals surface area contributed by atoms with E-state index in [2.05, 4.69) is 11.2 Å². The maximum absolute atomic E-state index is 11.6. The van der Waals surface area contributed by atoms with E-state index in [1.807, 2.05) is 0 Å². The Morgan fingerprint density at radius 3 is 2.34 bits per heavy atom. The number of nitriles is 1. The Balaban J connectivity index is 2.31. The Morgan fingerprint density at radius 1 is 1.16 bits per heavy atom. The molecule has 0 N–H and O–H groups in total. The fraction of sp³-hybridized carbons (Fsp3) is 0.409. The maximum atomic E-state index is 11.6. The Morgan fingerprint density at radius 2 is 1.81 bits per heavy atom. The van der Waals surface area contributed by atoms with Gasteiger partial charge in [0.25, 0.3) is 0 Å². The van der Waals surface area contributed by atoms with Crippen LogP contribution in [0.2, 0.25) is 0 Å². The molecule has 1 heterocycles. The molecule has 0 fully saturated rings. The van der Waals surface area contributed by atoms with Gasteiger partial charge in [-0.2, -0.15) is 10.4 Å². The van der Waals surface area contributed by atoms with Gasteiger partial charge in [-0.15, -0.1) is 0 Å². The number of hydrazone groups is 1. The minimum Gasteiger partial charge on any atom is -0.497 e. The zero-order valence-corrected chi connectivity index (χ0v) is 18.3. The van der Waals surface area contributed by atoms with E-state index < -0.39 is 36.2 Å². The van der Waals surface area contributed by atoms with Crippen LogP contribution >= 0.6 is 0 Å². The second-order valence-corrected chi connectivity index (χ2v) is 6.90. The zero-order chi connectivity index (χ0) is 23.7. The first kappa shape index (κ1) is 24.4. The SMILES string of the molecule is COc1ccc(N2N=C/C(=C/[C@H](OC(C)=O)[C@@H](COC(C)=O)OC(C)=O)C[C@H]2C#N)cc1. The summed E-state index contributed by atoms with van der Waals surface area (Å²) in [5.74, 6) is -1.14. The van der Waals surface area contributed by atoms with Crippen molar-refractivity contribution in [1.82, 2.24) is 0 Å². The van der Waals surface area contributed by atoms with E-state index in [9.17, 15) is 19.6 Å². The number of rotatable bonds is 8. The van der Waals surface area contributed by atoms with Crippen molar-refractivity contribution < 1.29 is 33.3 Å². The van der Waals surface area contributed by atoms with Crippen LogP contribution in [-0.4, -0.2) is 56.1 Å². The van der Waals surface area contributed by atoms with E-state index in [-0.39, 0.29) is 13.0 Å². The van der Waals surface area contributed by atoms with Crippen molar-refractivity contribution >= 4 is 29.8 Å². The van der Waals surface area contributed by atoms with E-state index in [1.165, 1.54) is 33.1 Å². The van der Waals surface area contributed by atoms with Crippen LogP contribution in [0.1, 0.15) is 27.2 Å². The third kappa shape index (κ3) is 7.12. The molecule has 1 aliphatic rings. The molecular weight excluding hydrogens is 418 g/mol. The predicted molar refractivity (Wildman–Crippen MR) is 114 cm³/mol. The Kier molecular flexibility index (Phi) is 8.77. The van der Waals surface area contributed by atoms with Crippen LogP contribution < -0.4 is 9.75 Å². The third-order valence-electron chi connectivity index (χ3n) is 4.37. The Labute approximate surface area is 186 Å². The van der Waals surface area contributed by atoms with Gasteiger partial charge in [-0.25, -0.2) is 5.01 Å². The molecule has 1 aromatic rings. The summed E-state index contributed by atoms with van der Waals surface area (Å²) in [6.07, 6.45) is 1.25. The van der Waals surface area contributed by atoms with Gasteiger partial charge in [-0.3, -0.25) is 14.4 Å². The number of methoxy groups -OCH3 is 1. The van der Waals surface area contributed by atoms with Crippen LogP contribution in [0.15, 0.2) is 41.0 Å². The molecule has 0 saturated carbocycles. The molecule has 0 bridgehead atoms. The fourth-order valence-corrected chi connectivity index (χ4v) is 3.00. The molecule has 3 atom stereocenters. The van der Waals surface area contributed by atoms with Crippen molar-refractivity contribution in [2.24, 2.45) is 5.10 Å². The highest BCUT2D eigenvalue weighted by Crippen LogP contribution is 2.27. The maximum Gasteiger partial charge on any atom is 0.303 e. The van der Waals surface area contributed by atoms with E-state index in [1.54, 1.807) is 36.4 Å². The van der Waals surface area contributed by atoms with Gasteiger partial charge in [0, 0.05) is 27.2 Å². The van der Waals surface area contributed by atoms with Crippen molar-refractivity contribution in [2.75, 3.05) is 18.7 Å². The molecule has 0 aromatic heterocycles. The molecule has 10 heteroatoms. The zero-order valence-electron chi connectivity index (χ0n) is 18.3. The average Bonchev–Trinajstić information content (AvgIpc) is 2.75. The molecule has 0 unspecified atom stereocenters. The summed E-state index contributed by atoms with van der Waals surface area (Å²) < 4.78 is 20.6. The molecule has 0 aliphatic carbocycles. The standard InChI is InChI=1S/C22H25N3O7/c1-14(26)30-13-22(32-16(3)28)21(31-15(2)27)10-17-9-19(11-23)25(24-12-17)18-5-7-20(29-4)8-6-18/h5-8,10,12,19,21-22H,9,13H2,1-4H3/b17-10+/t19-,21-,22+/m0/s1. The van der Waals surface area contributed by atoms with Crippen LogP contribution in [0.4, 0.5) is 5.69 Å². The van der Waals surface area contributed by atoms with Gasteiger partial charge in [0.05, 0.1) is 25.1 Å². The van der Waals surface area contributed by atoms with Gasteiger partial charge in [-0.1, -0.05) is 0 Å². The molecular formula is C22H25N3O7. The molecule has 2 rings (SSSR count). The topological polar surface area (TPSA) is 128 Å². The highest BCUT2D eigenvalue weighted by Gasteiger charge is 2.29. The average molecular weight is 443 g/mol. The number of carbonyl (C=O) groups is 3. The number of hydrogen-bond donors (Lipinski definition) is 0. The number of hydrogen-bond acceptors (Lipinski definition) is 10. The highest BCUT2D eigenvalue weighted by molar-refractivity contribution is 5.82. The molecule has 1 aromatic carbocycles. The quantitative estimate of drug-likeness (QED) is 0.438. The molecule has 170 valence electrons. The number of benzene rings is 1. The monoisotopic (exact) mass is 443 g/mol. The number of esters is 3. The summed E-state index contributed by atoms with van der Waals surface area (Å²) in [7, 11) is 1.56. The van der Waals surface area contributed by atoms with Crippen LogP contribution in [0, 0.1) is 11.3 Å². The lowest BCUT2D eigenvalue weighted by Gasteiger charge is -2.29. The molecule has 0 radical (unpaired) electrons. The summed E-state index contributed by atoms with van der Waals surface area (Å²) in [4.78, 5) is 34.4. The molecule has 1 aliphatic heterocycles. The van der Waals surface area contributed by atoms with Gasteiger partial charge in [0.1, 0.15) is 18.4 Å². The lowest BCUT2D eigenvalue weighted by atomic mass is 10.0. The van der Waals surface area contributed by atoms with Crippen LogP contribution in [0.25, 0.3) is 0 Å². The number of carbonyl (C=O) groups excluding carboxylic acids is 3. The summed E-state index contributed by atoms with van der Waals surface area (Å²) >= 11 is 0. The largest absolute Gasteiger partial charge is 0.497 e. The van der Waals surface area contributed by atoms with E-state index in [4.69, 9.17) is 18.9 Å². The van der Waals surface area contributed by atoms with Crippen molar-refractivity contribution in [3.63, 3.8) is 0 Å². The first-order valence-corrected chi connectivity index (χ1v) is 9.78. The second-order valence-electron chi connectivity index (χ2n) is 6.90. The molecule has 0 spiro atoms. The van der Waals surface area contributed by atoms with Gasteiger partial charge in [0.15, 0.2) is 12.2 Å². The van der Waals surface area contributed by atoms with Gasteiger partial charge in [0.2, 0.25) is 0 Å². The minimum absolute atomic E-state index is 0.268. The molecule has 10 nitrogen and oxygen atoms in total. The Hall–Kier alpha value is -3.87. The van der Waals surface area contributed by atoms with Gasteiger partial charge >= 0.3 is 17.9 Å². The first-order chi connectivity index (χ1) is 15.2. The summed E-state index contributed by atoms with van der Waals surface area (Å²) in [6, 6.07) is 8.67. The van der Waals surface area contributed by atoms with Gasteiger partial charge in [-0.05, 0) is 35.9 Å². The van der Waals surface area contributed by atoms with E-state index >= 15 is 0 Å². The summed E-state index contributed by atoms with van der Waals surface area (Å²) in [5.41, 5.74) is 1.30. The van der Waals surface area contributed by atoms with E-state index in [0.29, 0.717) is 17.0 Å². The normalized spacial score (nSPS) is 18.3. The highest BCUT2D eigenvalue weighted by atomic mass is 16.6. The number of ether oxygens (including phenoxy) is 4. The van der Waals surface area contributed by atoms with Crippen molar-refractivity contribution in [3.8, 4) is 11.8 Å². The lowest BCUT2D eigenvalue weighted by molar-refractivity contribution is -0.169. The van der Waals surface area contributed by atoms with Crippen molar-refractivity contribution in [2.45, 2.75) is 45.4 Å². The molecule has 32 heavy (non-hydrogen) atoms. The van der Waals surface area contributed by atoms with Crippen molar-refractivity contribution in [1.29, 1.82) is 5.26 Å². The third-order valence-corrected chi connectivity index (χ3v) is 4.37. The predicted octanol–water partition coefficient (Wildman–Crippen LogP) is 2.14. The second kappa shape index (κ2) is 11.5. The van der Waals surface area contributed by atoms with E-state index in [0.717, 1.165) is 0 Å². The summed E-state index contributed by atoms with van der Waals surface area (Å²) in [6.45, 7) is 3.32. The minimum atomic E-state index is -1.05. The lowest BCUT2D eigenvalue weighted by Crippen LogP contribution is -2.38. The van der Waals surface area contributed by atoms with Crippen molar-refractivity contribution in [3.05, 3.63) is 35.9 Å². The molecule has 0 amide bonds. The number of anilines is 1. The van der Waals surface area contributed by atoms with Crippen LogP contribution in [-0.2, 0) is 28.6 Å². The van der Waals surface area contributed by atoms with Crippen LogP contribution in [0.5, 0.6) is 5.75 Å². The fourth-order valence-electron chi connectivity index (χ4n) is 3.00. The number of nitrogens with zero attached hydrogens (tertiary/aromatic N) is 3. The summed E-state index contributed by atoms with van der Waals surface area (Å²) in [5, 5.41) is 15.6. The first-order valence-electron chi connectivity index (χ1n) is 9.78.